The first-order valence-electron chi connectivity index (χ1n) is 5.87. The molecule has 0 aliphatic heterocycles. The zero-order valence-corrected chi connectivity index (χ0v) is 11.7. The van der Waals surface area contributed by atoms with Gasteiger partial charge in [0.05, 0.1) is 23.5 Å². The summed E-state index contributed by atoms with van der Waals surface area (Å²) < 4.78 is 10.6. The topological polar surface area (TPSA) is 87.4 Å². The van der Waals surface area contributed by atoms with Crippen LogP contribution in [-0.2, 0) is 0 Å². The highest BCUT2D eigenvalue weighted by atomic mass is 32.1. The lowest BCUT2D eigenvalue weighted by atomic mass is 10.3. The zero-order chi connectivity index (χ0) is 14.8. The second kappa shape index (κ2) is 5.33. The minimum absolute atomic E-state index is 0.104. The van der Waals surface area contributed by atoms with Crippen LogP contribution in [0.15, 0.2) is 36.0 Å². The number of fused-ring (bicyclic) bond motifs is 1. The third-order valence-corrected chi connectivity index (χ3v) is 3.62. The molecule has 0 amide bonds. The Labute approximate surface area is 122 Å². The maximum Gasteiger partial charge on any atom is 0.315 e. The second-order valence-corrected chi connectivity index (χ2v) is 4.91. The molecule has 0 aliphatic rings. The van der Waals surface area contributed by atoms with Gasteiger partial charge in [0.15, 0.2) is 0 Å². The first kappa shape index (κ1) is 13.3. The van der Waals surface area contributed by atoms with Crippen molar-refractivity contribution in [3.8, 4) is 17.4 Å². The predicted molar refractivity (Wildman–Crippen MR) is 77.1 cm³/mol. The van der Waals surface area contributed by atoms with Crippen LogP contribution in [0.3, 0.4) is 0 Å². The maximum atomic E-state index is 11.1. The van der Waals surface area contributed by atoms with Crippen LogP contribution in [0.4, 0.5) is 5.69 Å². The van der Waals surface area contributed by atoms with Gasteiger partial charge in [-0.25, -0.2) is 9.97 Å². The quantitative estimate of drug-likeness (QED) is 0.542. The van der Waals surface area contributed by atoms with Gasteiger partial charge in [0.25, 0.3) is 0 Å². The molecule has 0 unspecified atom stereocenters. The van der Waals surface area contributed by atoms with Crippen molar-refractivity contribution in [1.82, 2.24) is 9.97 Å². The van der Waals surface area contributed by atoms with E-state index in [1.54, 1.807) is 6.07 Å². The van der Waals surface area contributed by atoms with Crippen molar-refractivity contribution >= 4 is 27.2 Å². The molecule has 0 radical (unpaired) electrons. The molecule has 0 bridgehead atoms. The number of ether oxygens (including phenoxy) is 2. The molecule has 21 heavy (non-hydrogen) atoms. The Bertz CT molecular complexity index is 818. The zero-order valence-electron chi connectivity index (χ0n) is 10.8. The van der Waals surface area contributed by atoms with Crippen molar-refractivity contribution in [2.75, 3.05) is 7.11 Å². The SMILES string of the molecule is COc1ccc(Oc2ncnc3sccc23)c([N+](=O)[O-])c1. The van der Waals surface area contributed by atoms with Crippen molar-refractivity contribution < 1.29 is 14.4 Å². The standard InChI is InChI=1S/C13H9N3O4S/c1-19-8-2-3-11(10(6-8)16(17)18)20-12-9-4-5-21-13(9)15-7-14-12/h2-7H,1H3. The van der Waals surface area contributed by atoms with E-state index in [1.165, 1.54) is 36.9 Å². The molecule has 7 nitrogen and oxygen atoms in total. The summed E-state index contributed by atoms with van der Waals surface area (Å²) in [6.07, 6.45) is 1.36. The highest BCUT2D eigenvalue weighted by Gasteiger charge is 2.19. The van der Waals surface area contributed by atoms with Crippen LogP contribution in [0.1, 0.15) is 0 Å². The van der Waals surface area contributed by atoms with Crippen LogP contribution in [0.2, 0.25) is 0 Å². The van der Waals surface area contributed by atoms with E-state index in [1.807, 2.05) is 11.4 Å². The van der Waals surface area contributed by atoms with E-state index in [4.69, 9.17) is 9.47 Å². The van der Waals surface area contributed by atoms with E-state index in [0.717, 1.165) is 4.83 Å². The Hall–Kier alpha value is -2.74. The number of rotatable bonds is 4. The Morgan fingerprint density at radius 3 is 2.90 bits per heavy atom. The average molecular weight is 303 g/mol. The summed E-state index contributed by atoms with van der Waals surface area (Å²) in [5.74, 6) is 0.777. The van der Waals surface area contributed by atoms with Gasteiger partial charge >= 0.3 is 5.69 Å². The van der Waals surface area contributed by atoms with E-state index in [9.17, 15) is 10.1 Å². The third kappa shape index (κ3) is 2.48. The molecule has 1 aromatic carbocycles. The van der Waals surface area contributed by atoms with Gasteiger partial charge in [-0.15, -0.1) is 11.3 Å². The molecule has 0 spiro atoms. The van der Waals surface area contributed by atoms with E-state index >= 15 is 0 Å². The number of hydrogen-bond acceptors (Lipinski definition) is 7. The number of nitro benzene ring substituents is 1. The molecule has 106 valence electrons. The molecule has 0 aliphatic carbocycles. The lowest BCUT2D eigenvalue weighted by molar-refractivity contribution is -0.385. The molecule has 3 aromatic rings. The first-order valence-corrected chi connectivity index (χ1v) is 6.75. The molecule has 0 N–H and O–H groups in total. The van der Waals surface area contributed by atoms with E-state index in [2.05, 4.69) is 9.97 Å². The Morgan fingerprint density at radius 1 is 1.29 bits per heavy atom. The van der Waals surface area contributed by atoms with Crippen molar-refractivity contribution in [3.05, 3.63) is 46.1 Å². The highest BCUT2D eigenvalue weighted by molar-refractivity contribution is 7.16. The van der Waals surface area contributed by atoms with Gasteiger partial charge in [0, 0.05) is 0 Å². The molecule has 0 saturated heterocycles. The van der Waals surface area contributed by atoms with Gasteiger partial charge in [-0.1, -0.05) is 0 Å². The van der Waals surface area contributed by atoms with Crippen LogP contribution in [0.5, 0.6) is 17.4 Å². The van der Waals surface area contributed by atoms with Crippen LogP contribution >= 0.6 is 11.3 Å². The fourth-order valence-electron chi connectivity index (χ4n) is 1.81. The van der Waals surface area contributed by atoms with E-state index in [-0.39, 0.29) is 17.3 Å². The third-order valence-electron chi connectivity index (χ3n) is 2.79. The van der Waals surface area contributed by atoms with Gasteiger partial charge in [-0.3, -0.25) is 10.1 Å². The minimum atomic E-state index is -0.524. The predicted octanol–water partition coefficient (Wildman–Crippen LogP) is 3.40. The summed E-state index contributed by atoms with van der Waals surface area (Å²) in [4.78, 5) is 19.5. The molecule has 0 saturated carbocycles. The largest absolute Gasteiger partial charge is 0.496 e. The molecular weight excluding hydrogens is 294 g/mol. The van der Waals surface area contributed by atoms with Crippen molar-refractivity contribution in [2.24, 2.45) is 0 Å². The van der Waals surface area contributed by atoms with E-state index in [0.29, 0.717) is 11.1 Å². The van der Waals surface area contributed by atoms with Crippen molar-refractivity contribution in [2.45, 2.75) is 0 Å². The molecule has 0 fully saturated rings. The lowest BCUT2D eigenvalue weighted by Gasteiger charge is -2.07. The average Bonchev–Trinajstić information content (AvgIpc) is 2.97. The number of hydrogen-bond donors (Lipinski definition) is 0. The summed E-state index contributed by atoms with van der Waals surface area (Å²) >= 11 is 1.44. The fraction of sp³-hybridized carbons (Fsp3) is 0.0769. The summed E-state index contributed by atoms with van der Waals surface area (Å²) in [5.41, 5.74) is -0.184. The molecule has 2 heterocycles. The van der Waals surface area contributed by atoms with E-state index < -0.39 is 4.92 Å². The number of thiophene rings is 1. The van der Waals surface area contributed by atoms with Crippen molar-refractivity contribution in [1.29, 1.82) is 0 Å². The number of benzene rings is 1. The first-order chi connectivity index (χ1) is 10.2. The van der Waals surface area contributed by atoms with Gasteiger partial charge in [-0.05, 0) is 23.6 Å². The Kier molecular flexibility index (Phi) is 3.36. The molecule has 0 atom stereocenters. The molecule has 8 heteroatoms. The Balaban J connectivity index is 2.05. The van der Waals surface area contributed by atoms with Crippen LogP contribution in [0.25, 0.3) is 10.2 Å². The maximum absolute atomic E-state index is 11.1. The van der Waals surface area contributed by atoms with Crippen LogP contribution < -0.4 is 9.47 Å². The summed E-state index contributed by atoms with van der Waals surface area (Å²) in [6.45, 7) is 0. The number of nitrogens with zero attached hydrogens (tertiary/aromatic N) is 3. The van der Waals surface area contributed by atoms with Gasteiger partial charge < -0.3 is 9.47 Å². The second-order valence-electron chi connectivity index (χ2n) is 4.01. The molecule has 3 rings (SSSR count). The highest BCUT2D eigenvalue weighted by Crippen LogP contribution is 2.36. The molecular formula is C13H9N3O4S. The van der Waals surface area contributed by atoms with Crippen molar-refractivity contribution in [3.63, 3.8) is 0 Å². The Morgan fingerprint density at radius 2 is 2.14 bits per heavy atom. The smallest absolute Gasteiger partial charge is 0.315 e. The number of aromatic nitrogens is 2. The number of methoxy groups -OCH3 is 1. The van der Waals surface area contributed by atoms with Gasteiger partial charge in [-0.2, -0.15) is 0 Å². The normalized spacial score (nSPS) is 10.5. The van der Waals surface area contributed by atoms with Gasteiger partial charge in [0.2, 0.25) is 11.6 Å². The fourth-order valence-corrected chi connectivity index (χ4v) is 2.53. The lowest BCUT2D eigenvalue weighted by Crippen LogP contribution is -1.96. The summed E-state index contributed by atoms with van der Waals surface area (Å²) in [5, 5.41) is 13.7. The number of nitro groups is 1. The summed E-state index contributed by atoms with van der Waals surface area (Å²) in [7, 11) is 1.44. The monoisotopic (exact) mass is 303 g/mol. The van der Waals surface area contributed by atoms with Crippen LogP contribution in [-0.4, -0.2) is 22.0 Å². The molecule has 2 aromatic heterocycles. The summed E-state index contributed by atoms with van der Waals surface area (Å²) in [6, 6.07) is 6.19. The van der Waals surface area contributed by atoms with Gasteiger partial charge in [0.1, 0.15) is 16.9 Å². The minimum Gasteiger partial charge on any atom is -0.496 e. The van der Waals surface area contributed by atoms with Crippen LogP contribution in [0, 0.1) is 10.1 Å².